The Kier molecular flexibility index (Phi) is 3.20. The number of nitrogens with one attached hydrogen (secondary N) is 2. The Morgan fingerprint density at radius 3 is 3.05 bits per heavy atom. The lowest BCUT2D eigenvalue weighted by Crippen LogP contribution is -2.49. The summed E-state index contributed by atoms with van der Waals surface area (Å²) in [4.78, 5) is 23.2. The van der Waals surface area contributed by atoms with E-state index in [1.165, 1.54) is 11.8 Å². The van der Waals surface area contributed by atoms with Gasteiger partial charge in [0.05, 0.1) is 5.75 Å². The smallest absolute Gasteiger partial charge is 0.247 e. The molecule has 0 saturated carbocycles. The standard InChI is InChI=1S/C12H12N2O4S/c15-11-5-19-4-8(14-11)12(16)13-7-1-2-9-10(3-7)18-6-17-9/h1-3,8H,4-6H2,(H,13,16)(H,14,15). The van der Waals surface area contributed by atoms with Gasteiger partial charge in [-0.2, -0.15) is 0 Å². The first-order valence-electron chi connectivity index (χ1n) is 5.80. The third-order valence-corrected chi connectivity index (χ3v) is 3.84. The lowest BCUT2D eigenvalue weighted by molar-refractivity contribution is -0.124. The molecule has 3 rings (SSSR count). The van der Waals surface area contributed by atoms with Crippen molar-refractivity contribution in [3.8, 4) is 11.5 Å². The highest BCUT2D eigenvalue weighted by atomic mass is 32.2. The Morgan fingerprint density at radius 2 is 2.21 bits per heavy atom. The van der Waals surface area contributed by atoms with E-state index in [4.69, 9.17) is 9.47 Å². The molecule has 0 aliphatic carbocycles. The van der Waals surface area contributed by atoms with Gasteiger partial charge in [-0.05, 0) is 12.1 Å². The maximum absolute atomic E-state index is 12.0. The predicted octanol–water partition coefficient (Wildman–Crippen LogP) is 0.585. The van der Waals surface area contributed by atoms with Crippen LogP contribution in [0.2, 0.25) is 0 Å². The van der Waals surface area contributed by atoms with Crippen molar-refractivity contribution in [1.82, 2.24) is 5.32 Å². The molecule has 0 spiro atoms. The number of thioether (sulfide) groups is 1. The first-order chi connectivity index (χ1) is 9.22. The summed E-state index contributed by atoms with van der Waals surface area (Å²) in [5.41, 5.74) is 0.624. The lowest BCUT2D eigenvalue weighted by Gasteiger charge is -2.22. The van der Waals surface area contributed by atoms with Crippen LogP contribution < -0.4 is 20.1 Å². The van der Waals surface area contributed by atoms with Gasteiger partial charge >= 0.3 is 0 Å². The number of amides is 2. The van der Waals surface area contributed by atoms with Crippen LogP contribution in [0.1, 0.15) is 0 Å². The molecule has 1 fully saturated rings. The zero-order valence-electron chi connectivity index (χ0n) is 9.97. The van der Waals surface area contributed by atoms with Crippen LogP contribution in [0.3, 0.4) is 0 Å². The Hall–Kier alpha value is -1.89. The Morgan fingerprint density at radius 1 is 1.37 bits per heavy atom. The summed E-state index contributed by atoms with van der Waals surface area (Å²) in [5.74, 6) is 1.94. The summed E-state index contributed by atoms with van der Waals surface area (Å²) in [5, 5.41) is 5.42. The van der Waals surface area contributed by atoms with Crippen molar-refractivity contribution in [1.29, 1.82) is 0 Å². The van der Waals surface area contributed by atoms with Crippen LogP contribution >= 0.6 is 11.8 Å². The number of hydrogen-bond acceptors (Lipinski definition) is 5. The van der Waals surface area contributed by atoms with E-state index in [2.05, 4.69) is 10.6 Å². The molecular formula is C12H12N2O4S. The van der Waals surface area contributed by atoms with Gasteiger partial charge in [0.15, 0.2) is 11.5 Å². The average molecular weight is 280 g/mol. The highest BCUT2D eigenvalue weighted by molar-refractivity contribution is 8.00. The van der Waals surface area contributed by atoms with Gasteiger partial charge in [0, 0.05) is 17.5 Å². The van der Waals surface area contributed by atoms with Gasteiger partial charge in [-0.15, -0.1) is 11.8 Å². The molecule has 100 valence electrons. The third kappa shape index (κ3) is 2.60. The van der Waals surface area contributed by atoms with E-state index in [-0.39, 0.29) is 18.6 Å². The highest BCUT2D eigenvalue weighted by Gasteiger charge is 2.25. The Labute approximate surface area is 113 Å². The number of carbonyl (C=O) groups is 2. The second-order valence-electron chi connectivity index (χ2n) is 4.19. The fraction of sp³-hybridized carbons (Fsp3) is 0.333. The molecule has 1 aromatic rings. The van der Waals surface area contributed by atoms with Gasteiger partial charge < -0.3 is 20.1 Å². The van der Waals surface area contributed by atoms with E-state index in [1.807, 2.05) is 0 Å². The zero-order valence-corrected chi connectivity index (χ0v) is 10.8. The summed E-state index contributed by atoms with van der Waals surface area (Å²) in [6.07, 6.45) is 0. The molecule has 2 aliphatic rings. The second kappa shape index (κ2) is 5.00. The minimum absolute atomic E-state index is 0.109. The molecule has 1 saturated heterocycles. The first-order valence-corrected chi connectivity index (χ1v) is 6.95. The molecule has 7 heteroatoms. The number of rotatable bonds is 2. The van der Waals surface area contributed by atoms with Gasteiger partial charge in [0.2, 0.25) is 18.6 Å². The van der Waals surface area contributed by atoms with Crippen molar-refractivity contribution in [2.75, 3.05) is 23.6 Å². The molecule has 2 amide bonds. The fourth-order valence-electron chi connectivity index (χ4n) is 1.89. The zero-order chi connectivity index (χ0) is 13.2. The third-order valence-electron chi connectivity index (χ3n) is 2.81. The average Bonchev–Trinajstić information content (AvgIpc) is 2.86. The van der Waals surface area contributed by atoms with E-state index in [9.17, 15) is 9.59 Å². The molecular weight excluding hydrogens is 268 g/mol. The lowest BCUT2D eigenvalue weighted by atomic mass is 10.2. The first kappa shape index (κ1) is 12.2. The van der Waals surface area contributed by atoms with Gasteiger partial charge in [-0.25, -0.2) is 0 Å². The molecule has 2 heterocycles. The summed E-state index contributed by atoms with van der Waals surface area (Å²) >= 11 is 1.45. The van der Waals surface area contributed by atoms with E-state index >= 15 is 0 Å². The van der Waals surface area contributed by atoms with Gasteiger partial charge in [0.25, 0.3) is 0 Å². The molecule has 2 aliphatic heterocycles. The van der Waals surface area contributed by atoms with E-state index in [0.29, 0.717) is 28.7 Å². The molecule has 1 unspecified atom stereocenters. The van der Waals surface area contributed by atoms with Crippen molar-refractivity contribution in [3.63, 3.8) is 0 Å². The second-order valence-corrected chi connectivity index (χ2v) is 5.22. The fourth-order valence-corrected chi connectivity index (χ4v) is 2.75. The largest absolute Gasteiger partial charge is 0.454 e. The maximum atomic E-state index is 12.0. The number of ether oxygens (including phenoxy) is 2. The topological polar surface area (TPSA) is 76.7 Å². The highest BCUT2D eigenvalue weighted by Crippen LogP contribution is 2.34. The summed E-state index contributed by atoms with van der Waals surface area (Å²) in [7, 11) is 0. The quantitative estimate of drug-likeness (QED) is 0.829. The van der Waals surface area contributed by atoms with E-state index in [0.717, 1.165) is 0 Å². The van der Waals surface area contributed by atoms with Crippen molar-refractivity contribution >= 4 is 29.3 Å². The van der Waals surface area contributed by atoms with Crippen LogP contribution in [0.4, 0.5) is 5.69 Å². The normalized spacial score (nSPS) is 20.8. The molecule has 0 aromatic heterocycles. The molecule has 1 atom stereocenters. The van der Waals surface area contributed by atoms with Crippen LogP contribution in [0.15, 0.2) is 18.2 Å². The van der Waals surface area contributed by atoms with Gasteiger partial charge in [-0.1, -0.05) is 0 Å². The van der Waals surface area contributed by atoms with Crippen LogP contribution in [0.5, 0.6) is 11.5 Å². The Balaban J connectivity index is 1.67. The molecule has 0 bridgehead atoms. The predicted molar refractivity (Wildman–Crippen MR) is 70.5 cm³/mol. The summed E-state index contributed by atoms with van der Waals surface area (Å²) < 4.78 is 10.4. The molecule has 1 aromatic carbocycles. The van der Waals surface area contributed by atoms with Gasteiger partial charge in [0.1, 0.15) is 6.04 Å². The van der Waals surface area contributed by atoms with Crippen molar-refractivity contribution in [2.24, 2.45) is 0 Å². The molecule has 6 nitrogen and oxygen atoms in total. The summed E-state index contributed by atoms with van der Waals surface area (Å²) in [6.45, 7) is 0.196. The van der Waals surface area contributed by atoms with Crippen molar-refractivity contribution < 1.29 is 19.1 Å². The van der Waals surface area contributed by atoms with Crippen molar-refractivity contribution in [2.45, 2.75) is 6.04 Å². The van der Waals surface area contributed by atoms with Crippen molar-refractivity contribution in [3.05, 3.63) is 18.2 Å². The molecule has 0 radical (unpaired) electrons. The number of carbonyl (C=O) groups excluding carboxylic acids is 2. The SMILES string of the molecule is O=C1CSCC(C(=O)Nc2ccc3c(c2)OCO3)N1. The van der Waals surface area contributed by atoms with Crippen LogP contribution in [0.25, 0.3) is 0 Å². The summed E-state index contributed by atoms with van der Waals surface area (Å²) in [6, 6.07) is 4.70. The van der Waals surface area contributed by atoms with Crippen LogP contribution in [-0.4, -0.2) is 36.2 Å². The monoisotopic (exact) mass is 280 g/mol. The number of fused-ring (bicyclic) bond motifs is 1. The minimum Gasteiger partial charge on any atom is -0.454 e. The Bertz CT molecular complexity index is 534. The van der Waals surface area contributed by atoms with E-state index < -0.39 is 6.04 Å². The van der Waals surface area contributed by atoms with Crippen LogP contribution in [0, 0.1) is 0 Å². The molecule has 2 N–H and O–H groups in total. The maximum Gasteiger partial charge on any atom is 0.247 e. The van der Waals surface area contributed by atoms with Gasteiger partial charge in [-0.3, -0.25) is 9.59 Å². The minimum atomic E-state index is -0.489. The number of hydrogen-bond donors (Lipinski definition) is 2. The number of benzene rings is 1. The van der Waals surface area contributed by atoms with E-state index in [1.54, 1.807) is 18.2 Å². The number of anilines is 1. The van der Waals surface area contributed by atoms with Crippen LogP contribution in [-0.2, 0) is 9.59 Å². The molecule has 19 heavy (non-hydrogen) atoms.